The average molecular weight is 577 g/mol. The Kier molecular flexibility index (Phi) is 10.5. The highest BCUT2D eigenvalue weighted by atomic mass is 32.1. The highest BCUT2D eigenvalue weighted by Crippen LogP contribution is 2.37. The SMILES string of the molecule is CC(=O)Nc1nc(CCc2ccc(NC(OC(N)=O)(OC(=O)NC(C)(C)C)C(C)(C)C)cc2)c(CCC(N)=O)s1. The highest BCUT2D eigenvalue weighted by molar-refractivity contribution is 7.15. The third kappa shape index (κ3) is 10.0. The van der Waals surface area contributed by atoms with Crippen LogP contribution >= 0.6 is 11.3 Å². The molecule has 0 aliphatic rings. The Morgan fingerprint density at radius 1 is 0.925 bits per heavy atom. The Bertz CT molecular complexity index is 1220. The standard InChI is InChI=1S/C27H40N6O6S/c1-16(34)30-23-31-19(20(40-23)14-15-21(28)35)13-10-17-8-11-18(12-9-17)32-27(25(2,3)4,38-22(29)36)39-24(37)33-26(5,6)7/h8-9,11-12,32H,10,13-15H2,1-7H3,(H2,28,35)(H2,29,36)(H,33,37)(H,30,31,34). The average Bonchev–Trinajstić information content (AvgIpc) is 3.15. The number of nitrogens with zero attached hydrogens (tertiary/aromatic N) is 1. The van der Waals surface area contributed by atoms with Crippen LogP contribution in [0.25, 0.3) is 0 Å². The van der Waals surface area contributed by atoms with Gasteiger partial charge in [0.15, 0.2) is 5.13 Å². The van der Waals surface area contributed by atoms with Crippen molar-refractivity contribution in [2.75, 3.05) is 10.6 Å². The lowest BCUT2D eigenvalue weighted by molar-refractivity contribution is -0.202. The molecule has 0 aliphatic carbocycles. The summed E-state index contributed by atoms with van der Waals surface area (Å²) in [5.74, 6) is -2.54. The number of nitrogens with one attached hydrogen (secondary N) is 3. The van der Waals surface area contributed by atoms with Gasteiger partial charge in [-0.2, -0.15) is 0 Å². The number of hydrogen-bond acceptors (Lipinski definition) is 9. The fraction of sp³-hybridized carbons (Fsp3) is 0.519. The number of carbonyl (C=O) groups excluding carboxylic acids is 4. The van der Waals surface area contributed by atoms with Crippen molar-refractivity contribution in [3.8, 4) is 0 Å². The van der Waals surface area contributed by atoms with Crippen LogP contribution in [0, 0.1) is 5.41 Å². The number of primary amides is 2. The van der Waals surface area contributed by atoms with Crippen LogP contribution in [-0.4, -0.2) is 40.4 Å². The molecule has 13 heteroatoms. The Morgan fingerprint density at radius 2 is 1.55 bits per heavy atom. The third-order valence-corrected chi connectivity index (χ3v) is 6.59. The molecule has 1 unspecified atom stereocenters. The monoisotopic (exact) mass is 576 g/mol. The summed E-state index contributed by atoms with van der Waals surface area (Å²) in [6.07, 6.45) is -0.0712. The van der Waals surface area contributed by atoms with E-state index >= 15 is 0 Å². The molecule has 4 amide bonds. The lowest BCUT2D eigenvalue weighted by Gasteiger charge is -2.42. The van der Waals surface area contributed by atoms with Gasteiger partial charge in [0.1, 0.15) is 0 Å². The number of aryl methyl sites for hydroxylation is 3. The number of carbonyl (C=O) groups is 4. The molecule has 1 aromatic carbocycles. The fourth-order valence-corrected chi connectivity index (χ4v) is 4.65. The number of rotatable bonds is 11. The normalized spacial score (nSPS) is 13.1. The molecular weight excluding hydrogens is 536 g/mol. The molecule has 0 aliphatic heterocycles. The number of alkyl carbamates (subject to hydrolysis) is 1. The Balaban J connectivity index is 2.23. The first-order valence-electron chi connectivity index (χ1n) is 12.8. The molecule has 0 radical (unpaired) electrons. The zero-order valence-electron chi connectivity index (χ0n) is 24.1. The van der Waals surface area contributed by atoms with E-state index in [0.29, 0.717) is 30.1 Å². The second-order valence-electron chi connectivity index (χ2n) is 11.4. The predicted octanol–water partition coefficient (Wildman–Crippen LogP) is 4.04. The molecule has 220 valence electrons. The summed E-state index contributed by atoms with van der Waals surface area (Å²) < 4.78 is 11.0. The van der Waals surface area contributed by atoms with Gasteiger partial charge < -0.3 is 36.9 Å². The number of benzene rings is 1. The van der Waals surface area contributed by atoms with E-state index < -0.39 is 35.0 Å². The van der Waals surface area contributed by atoms with Gasteiger partial charge in [-0.25, -0.2) is 14.6 Å². The highest BCUT2D eigenvalue weighted by Gasteiger charge is 2.50. The molecule has 7 N–H and O–H groups in total. The van der Waals surface area contributed by atoms with Gasteiger partial charge in [0.05, 0.1) is 11.1 Å². The van der Waals surface area contributed by atoms with Crippen LogP contribution in [0.2, 0.25) is 0 Å². The zero-order chi connectivity index (χ0) is 30.3. The van der Waals surface area contributed by atoms with E-state index in [2.05, 4.69) is 20.9 Å². The number of amides is 4. The van der Waals surface area contributed by atoms with Gasteiger partial charge in [-0.1, -0.05) is 32.9 Å². The van der Waals surface area contributed by atoms with Crippen LogP contribution in [0.15, 0.2) is 24.3 Å². The van der Waals surface area contributed by atoms with Crippen molar-refractivity contribution in [2.24, 2.45) is 16.9 Å². The minimum absolute atomic E-state index is 0.188. The first kappa shape index (κ1) is 32.3. The Morgan fingerprint density at radius 3 is 2.05 bits per heavy atom. The summed E-state index contributed by atoms with van der Waals surface area (Å²) in [4.78, 5) is 52.7. The van der Waals surface area contributed by atoms with Gasteiger partial charge in [0.25, 0.3) is 0 Å². The lowest BCUT2D eigenvalue weighted by Crippen LogP contribution is -2.59. The summed E-state index contributed by atoms with van der Waals surface area (Å²) in [6.45, 7) is 12.0. The maximum Gasteiger partial charge on any atom is 0.412 e. The van der Waals surface area contributed by atoms with Crippen LogP contribution in [0.1, 0.15) is 71.0 Å². The summed E-state index contributed by atoms with van der Waals surface area (Å²) >= 11 is 1.33. The molecule has 40 heavy (non-hydrogen) atoms. The number of nitrogens with two attached hydrogens (primary N) is 2. The Hall–Kier alpha value is -3.87. The van der Waals surface area contributed by atoms with Crippen molar-refractivity contribution in [3.63, 3.8) is 0 Å². The third-order valence-electron chi connectivity index (χ3n) is 5.52. The molecule has 0 fully saturated rings. The fourth-order valence-electron chi connectivity index (χ4n) is 3.59. The maximum atomic E-state index is 12.7. The first-order valence-corrected chi connectivity index (χ1v) is 13.6. The van der Waals surface area contributed by atoms with Crippen LogP contribution < -0.4 is 27.4 Å². The second-order valence-corrected chi connectivity index (χ2v) is 12.5. The van der Waals surface area contributed by atoms with E-state index in [1.54, 1.807) is 53.7 Å². The summed E-state index contributed by atoms with van der Waals surface area (Å²) in [5, 5.41) is 8.90. The zero-order valence-corrected chi connectivity index (χ0v) is 24.9. The van der Waals surface area contributed by atoms with Crippen molar-refractivity contribution < 1.29 is 28.7 Å². The van der Waals surface area contributed by atoms with Gasteiger partial charge in [0.2, 0.25) is 11.8 Å². The number of thiazole rings is 1. The summed E-state index contributed by atoms with van der Waals surface area (Å²) in [5.41, 5.74) is 11.4. The van der Waals surface area contributed by atoms with E-state index in [4.69, 9.17) is 20.9 Å². The quantitative estimate of drug-likeness (QED) is 0.248. The number of anilines is 2. The van der Waals surface area contributed by atoms with Gasteiger partial charge >= 0.3 is 18.1 Å². The summed E-state index contributed by atoms with van der Waals surface area (Å²) in [6, 6.07) is 7.28. The molecule has 1 aromatic heterocycles. The first-order chi connectivity index (χ1) is 18.4. The number of hydrogen-bond donors (Lipinski definition) is 5. The van der Waals surface area contributed by atoms with Crippen molar-refractivity contribution in [1.82, 2.24) is 10.3 Å². The van der Waals surface area contributed by atoms with E-state index in [-0.39, 0.29) is 12.3 Å². The maximum absolute atomic E-state index is 12.7. The number of ether oxygens (including phenoxy) is 2. The Labute approximate surface area is 238 Å². The second kappa shape index (κ2) is 13.0. The van der Waals surface area contributed by atoms with Crippen molar-refractivity contribution >= 4 is 46.2 Å². The van der Waals surface area contributed by atoms with Gasteiger partial charge in [-0.3, -0.25) is 9.59 Å². The molecule has 1 atom stereocenters. The minimum atomic E-state index is -1.91. The van der Waals surface area contributed by atoms with E-state index in [1.807, 2.05) is 12.1 Å². The molecule has 1 heterocycles. The molecule has 2 aromatic rings. The molecular formula is C27H40N6O6S. The van der Waals surface area contributed by atoms with Crippen molar-refractivity contribution in [2.45, 2.75) is 85.6 Å². The smallest absolute Gasteiger partial charge is 0.387 e. The van der Waals surface area contributed by atoms with Crippen molar-refractivity contribution in [3.05, 3.63) is 40.4 Å². The summed E-state index contributed by atoms with van der Waals surface area (Å²) in [7, 11) is 0. The molecule has 0 saturated carbocycles. The van der Waals surface area contributed by atoms with E-state index in [0.717, 1.165) is 16.1 Å². The van der Waals surface area contributed by atoms with Crippen LogP contribution in [-0.2, 0) is 38.3 Å². The minimum Gasteiger partial charge on any atom is -0.387 e. The van der Waals surface area contributed by atoms with Gasteiger partial charge in [0, 0.05) is 29.4 Å². The molecule has 0 bridgehead atoms. The predicted molar refractivity (Wildman–Crippen MR) is 154 cm³/mol. The van der Waals surface area contributed by atoms with Crippen molar-refractivity contribution in [1.29, 1.82) is 0 Å². The molecule has 0 saturated heterocycles. The largest absolute Gasteiger partial charge is 0.412 e. The molecule has 0 spiro atoms. The van der Waals surface area contributed by atoms with E-state index in [9.17, 15) is 19.2 Å². The van der Waals surface area contributed by atoms with Crippen LogP contribution in [0.4, 0.5) is 20.4 Å². The van der Waals surface area contributed by atoms with Crippen LogP contribution in [0.3, 0.4) is 0 Å². The topological polar surface area (TPSA) is 188 Å². The van der Waals surface area contributed by atoms with Gasteiger partial charge in [-0.05, 0) is 57.7 Å². The lowest BCUT2D eigenvalue weighted by atomic mass is 9.90. The number of aromatic nitrogens is 1. The molecule has 12 nitrogen and oxygen atoms in total. The van der Waals surface area contributed by atoms with E-state index in [1.165, 1.54) is 18.3 Å². The van der Waals surface area contributed by atoms with Gasteiger partial charge in [-0.15, -0.1) is 11.3 Å². The van der Waals surface area contributed by atoms with Crippen LogP contribution in [0.5, 0.6) is 0 Å². The molecule has 2 rings (SSSR count).